The van der Waals surface area contributed by atoms with Gasteiger partial charge in [0.05, 0.1) is 29.2 Å². The van der Waals surface area contributed by atoms with Gasteiger partial charge in [0.15, 0.2) is 0 Å². The summed E-state index contributed by atoms with van der Waals surface area (Å²) >= 11 is 0. The van der Waals surface area contributed by atoms with Gasteiger partial charge in [-0.15, -0.1) is 6.58 Å². The third kappa shape index (κ3) is 8.00. The van der Waals surface area contributed by atoms with Crippen LogP contribution in [0.5, 0.6) is 17.2 Å². The molecule has 2 fully saturated rings. The van der Waals surface area contributed by atoms with E-state index < -0.39 is 22.7 Å². The first-order valence-electron chi connectivity index (χ1n) is 19.1. The van der Waals surface area contributed by atoms with Gasteiger partial charge in [-0.05, 0) is 86.6 Å². The second-order valence-electron chi connectivity index (χ2n) is 14.6. The van der Waals surface area contributed by atoms with Crippen LogP contribution < -0.4 is 9.47 Å². The highest BCUT2D eigenvalue weighted by Gasteiger charge is 2.65. The maximum atomic E-state index is 14.2. The number of nitro groups is 1. The molecule has 12 nitrogen and oxygen atoms in total. The smallest absolute Gasteiger partial charge is 0.273 e. The average molecular weight is 732 g/mol. The van der Waals surface area contributed by atoms with Crippen molar-refractivity contribution in [3.8, 4) is 17.2 Å². The number of unbranched alkanes of at least 4 members (excludes halogenated alkanes) is 2. The topological polar surface area (TPSA) is 153 Å². The standard InChI is InChI=1S/C41H53N3O9/c1-4-19-43(40(47)27-15-16-27)37-26-35(42-50-3)33-23-28(11-6-8-20-45)32(14-7-9-21-46)38-34-25-31(52-30-13-10-12-29(24-30)44(48)49)17-18-36(34)53-41(37,39(33)38)51-22-5-2/h5,10,12-13,17-18,23-25,27-28,32,37-39,45-46H,2,4,6-9,11,14-16,19-22,26H2,1,3H3. The number of hydrogen-bond donors (Lipinski definition) is 2. The molecule has 0 radical (unpaired) electrons. The monoisotopic (exact) mass is 731 g/mol. The Kier molecular flexibility index (Phi) is 12.5. The van der Waals surface area contributed by atoms with E-state index in [1.807, 2.05) is 17.0 Å². The molecule has 286 valence electrons. The predicted molar refractivity (Wildman–Crippen MR) is 200 cm³/mol. The predicted octanol–water partition coefficient (Wildman–Crippen LogP) is 7.30. The van der Waals surface area contributed by atoms with Gasteiger partial charge in [-0.3, -0.25) is 14.9 Å². The van der Waals surface area contributed by atoms with Crippen LogP contribution in [0.2, 0.25) is 0 Å². The van der Waals surface area contributed by atoms with Crippen LogP contribution >= 0.6 is 0 Å². The van der Waals surface area contributed by atoms with Crippen LogP contribution in [0, 0.1) is 33.8 Å². The van der Waals surface area contributed by atoms with Crippen LogP contribution in [-0.2, 0) is 14.4 Å². The average Bonchev–Trinajstić information content (AvgIpc) is 4.01. The summed E-state index contributed by atoms with van der Waals surface area (Å²) in [6, 6.07) is 11.2. The molecule has 12 heteroatoms. The van der Waals surface area contributed by atoms with Gasteiger partial charge in [0.25, 0.3) is 5.69 Å². The van der Waals surface area contributed by atoms with E-state index in [9.17, 15) is 25.1 Å². The number of oxime groups is 1. The van der Waals surface area contributed by atoms with E-state index in [0.717, 1.165) is 61.8 Å². The van der Waals surface area contributed by atoms with Gasteiger partial charge in [0.2, 0.25) is 11.7 Å². The van der Waals surface area contributed by atoms with E-state index in [1.165, 1.54) is 12.1 Å². The van der Waals surface area contributed by atoms with Crippen LogP contribution in [0.1, 0.15) is 82.6 Å². The molecule has 6 atom stereocenters. The molecule has 3 aliphatic carbocycles. The maximum absolute atomic E-state index is 14.2. The Labute approximate surface area is 311 Å². The van der Waals surface area contributed by atoms with Crippen molar-refractivity contribution in [2.75, 3.05) is 33.5 Å². The molecule has 0 spiro atoms. The Morgan fingerprint density at radius 1 is 1.11 bits per heavy atom. The number of benzene rings is 2. The molecular weight excluding hydrogens is 678 g/mol. The van der Waals surface area contributed by atoms with Gasteiger partial charge in [-0.2, -0.15) is 0 Å². The summed E-state index contributed by atoms with van der Waals surface area (Å²) in [5.74, 6) is -0.186. The van der Waals surface area contributed by atoms with Gasteiger partial charge in [0.1, 0.15) is 30.4 Å². The number of nitrogens with zero attached hydrogens (tertiary/aromatic N) is 3. The first-order chi connectivity index (χ1) is 25.8. The summed E-state index contributed by atoms with van der Waals surface area (Å²) in [5, 5.41) is 35.7. The number of nitro benzene ring substituents is 1. The lowest BCUT2D eigenvalue weighted by Crippen LogP contribution is -2.70. The summed E-state index contributed by atoms with van der Waals surface area (Å²) in [6.07, 6.45) is 11.5. The van der Waals surface area contributed by atoms with Crippen molar-refractivity contribution in [1.29, 1.82) is 0 Å². The minimum absolute atomic E-state index is 0.0218. The van der Waals surface area contributed by atoms with Crippen molar-refractivity contribution in [3.05, 3.63) is 82.4 Å². The Morgan fingerprint density at radius 3 is 2.55 bits per heavy atom. The number of amides is 1. The normalized spacial score (nSPS) is 26.5. The van der Waals surface area contributed by atoms with Crippen LogP contribution in [0.4, 0.5) is 5.69 Å². The second kappa shape index (κ2) is 17.3. The Balaban J connectivity index is 1.56. The first kappa shape index (κ1) is 38.5. The van der Waals surface area contributed by atoms with E-state index in [4.69, 9.17) is 19.0 Å². The van der Waals surface area contributed by atoms with Crippen LogP contribution in [0.3, 0.4) is 0 Å². The summed E-state index contributed by atoms with van der Waals surface area (Å²) in [7, 11) is 1.54. The number of allylic oxidation sites excluding steroid dienone is 1. The van der Waals surface area contributed by atoms with Gasteiger partial charge in [0, 0.05) is 49.6 Å². The van der Waals surface area contributed by atoms with E-state index in [-0.39, 0.29) is 55.1 Å². The first-order valence-corrected chi connectivity index (χ1v) is 19.1. The summed E-state index contributed by atoms with van der Waals surface area (Å²) in [6.45, 7) is 6.98. The lowest BCUT2D eigenvalue weighted by Gasteiger charge is -2.60. The van der Waals surface area contributed by atoms with Crippen LogP contribution in [-0.4, -0.2) is 77.0 Å². The molecule has 0 bridgehead atoms. The minimum Gasteiger partial charge on any atom is -0.459 e. The van der Waals surface area contributed by atoms with Crippen LogP contribution in [0.15, 0.2) is 71.9 Å². The third-order valence-corrected chi connectivity index (χ3v) is 11.2. The highest BCUT2D eigenvalue weighted by molar-refractivity contribution is 6.03. The largest absolute Gasteiger partial charge is 0.459 e. The third-order valence-electron chi connectivity index (χ3n) is 11.2. The number of fused-ring (bicyclic) bond motifs is 2. The molecule has 1 aliphatic heterocycles. The highest BCUT2D eigenvalue weighted by atomic mass is 16.7. The number of rotatable bonds is 19. The Hall–Kier alpha value is -4.26. The summed E-state index contributed by atoms with van der Waals surface area (Å²) in [4.78, 5) is 32.7. The molecule has 4 aliphatic rings. The molecule has 2 saturated carbocycles. The van der Waals surface area contributed by atoms with Gasteiger partial charge in [-0.1, -0.05) is 43.1 Å². The van der Waals surface area contributed by atoms with Crippen molar-refractivity contribution in [2.45, 2.75) is 88.9 Å². The Bertz CT molecular complexity index is 1690. The lowest BCUT2D eigenvalue weighted by molar-refractivity contribution is -0.384. The van der Waals surface area contributed by atoms with Crippen molar-refractivity contribution in [1.82, 2.24) is 4.90 Å². The molecule has 0 aromatic heterocycles. The number of carbonyl (C=O) groups excluding carboxylic acids is 1. The molecule has 6 rings (SSSR count). The van der Waals surface area contributed by atoms with Gasteiger partial charge < -0.3 is 34.2 Å². The quantitative estimate of drug-likeness (QED) is 0.0656. The zero-order valence-corrected chi connectivity index (χ0v) is 30.9. The van der Waals surface area contributed by atoms with E-state index >= 15 is 0 Å². The van der Waals surface area contributed by atoms with Gasteiger partial charge in [-0.25, -0.2) is 0 Å². The SMILES string of the molecule is C=CCOC12Oc3ccc(Oc4cccc([N+](=O)[O-])c4)cc3C3C(CCCCO)C(CCCCO)C=C(C(=NOC)CC1N(CCC)C(=O)C1CC1)C32. The number of aliphatic hydroxyl groups is 2. The number of ether oxygens (including phenoxy) is 3. The van der Waals surface area contributed by atoms with E-state index in [2.05, 4.69) is 24.7 Å². The molecule has 2 aromatic rings. The molecule has 1 heterocycles. The highest BCUT2D eigenvalue weighted by Crippen LogP contribution is 2.62. The van der Waals surface area contributed by atoms with Crippen molar-refractivity contribution >= 4 is 17.3 Å². The zero-order chi connectivity index (χ0) is 37.5. The molecule has 0 saturated heterocycles. The van der Waals surface area contributed by atoms with Crippen molar-refractivity contribution in [3.63, 3.8) is 0 Å². The molecule has 53 heavy (non-hydrogen) atoms. The lowest BCUT2D eigenvalue weighted by atomic mass is 9.55. The number of non-ortho nitro benzene ring substituents is 1. The van der Waals surface area contributed by atoms with Gasteiger partial charge >= 0.3 is 0 Å². The van der Waals surface area contributed by atoms with Crippen LogP contribution in [0.25, 0.3) is 0 Å². The van der Waals surface area contributed by atoms with Crippen molar-refractivity contribution in [2.24, 2.45) is 28.8 Å². The van der Waals surface area contributed by atoms with E-state index in [0.29, 0.717) is 43.1 Å². The number of aliphatic hydroxyl groups excluding tert-OH is 2. The fourth-order valence-corrected chi connectivity index (χ4v) is 8.84. The minimum atomic E-state index is -1.29. The Morgan fingerprint density at radius 2 is 1.87 bits per heavy atom. The number of hydrogen-bond acceptors (Lipinski definition) is 10. The second-order valence-corrected chi connectivity index (χ2v) is 14.6. The molecular formula is C41H53N3O9. The molecule has 2 N–H and O–H groups in total. The molecule has 1 amide bonds. The molecule has 2 aromatic carbocycles. The maximum Gasteiger partial charge on any atom is 0.273 e. The number of carbonyl (C=O) groups is 1. The fourth-order valence-electron chi connectivity index (χ4n) is 8.84. The fraction of sp³-hybridized carbons (Fsp3) is 0.561. The van der Waals surface area contributed by atoms with Crippen molar-refractivity contribution < 1.29 is 39.0 Å². The van der Waals surface area contributed by atoms with E-state index in [1.54, 1.807) is 31.4 Å². The summed E-state index contributed by atoms with van der Waals surface area (Å²) < 4.78 is 20.5. The summed E-state index contributed by atoms with van der Waals surface area (Å²) in [5.41, 5.74) is 2.57. The molecule has 6 unspecified atom stereocenters. The zero-order valence-electron chi connectivity index (χ0n) is 30.9.